The maximum atomic E-state index is 12.5. The second-order valence-electron chi connectivity index (χ2n) is 5.10. The molecule has 0 saturated carbocycles. The summed E-state index contributed by atoms with van der Waals surface area (Å²) < 4.78 is 40.3. The second kappa shape index (κ2) is 5.68. The molecule has 2 unspecified atom stereocenters. The molecule has 3 rings (SSSR count). The van der Waals surface area contributed by atoms with Crippen molar-refractivity contribution in [2.24, 2.45) is 12.9 Å². The molecule has 3 atom stereocenters. The molecule has 0 saturated heterocycles. The van der Waals surface area contributed by atoms with E-state index in [1.165, 1.54) is 6.20 Å². The monoisotopic (exact) mass is 289 g/mol. The van der Waals surface area contributed by atoms with E-state index < -0.39 is 31.6 Å². The van der Waals surface area contributed by atoms with Crippen molar-refractivity contribution in [1.29, 1.82) is 0 Å². The molecule has 2 aromatic heterocycles. The van der Waals surface area contributed by atoms with E-state index in [0.29, 0.717) is 24.1 Å². The van der Waals surface area contributed by atoms with E-state index in [4.69, 9.17) is 6.85 Å². The first-order valence-corrected chi connectivity index (χ1v) is 6.87. The van der Waals surface area contributed by atoms with Crippen molar-refractivity contribution in [3.05, 3.63) is 30.2 Å². The van der Waals surface area contributed by atoms with Crippen LogP contribution in [0.2, 0.25) is 0 Å². The summed E-state index contributed by atoms with van der Waals surface area (Å²) in [4.78, 5) is 16.8. The van der Waals surface area contributed by atoms with Gasteiger partial charge in [0.2, 0.25) is 5.91 Å². The van der Waals surface area contributed by atoms with Crippen LogP contribution in [-0.2, 0) is 18.2 Å². The van der Waals surface area contributed by atoms with Crippen molar-refractivity contribution >= 4 is 11.6 Å². The van der Waals surface area contributed by atoms with Gasteiger partial charge in [-0.2, -0.15) is 5.10 Å². The predicted molar refractivity (Wildman–Crippen MR) is 81.8 cm³/mol. The van der Waals surface area contributed by atoms with E-state index in [-0.39, 0.29) is 11.4 Å². The zero-order valence-corrected chi connectivity index (χ0v) is 11.7. The summed E-state index contributed by atoms with van der Waals surface area (Å²) in [5.41, 5.74) is 1.83. The molecule has 5 nitrogen and oxygen atoms in total. The SMILES string of the molecule is [2H]C1CCc2cc(ccn2)-c2c(cnn2C([2H])([2H])[2H])NC(=O)[C@H](C)C1[2H]. The van der Waals surface area contributed by atoms with Gasteiger partial charge in [-0.15, -0.1) is 0 Å². The van der Waals surface area contributed by atoms with Crippen molar-refractivity contribution in [2.75, 3.05) is 5.32 Å². The number of pyridine rings is 1. The molecule has 0 radical (unpaired) electrons. The molecule has 110 valence electrons. The number of carbonyl (C=O) groups excluding carboxylic acids is 1. The molecule has 1 amide bonds. The number of nitrogens with zero attached hydrogens (tertiary/aromatic N) is 3. The van der Waals surface area contributed by atoms with Gasteiger partial charge in [0.25, 0.3) is 0 Å². The second-order valence-corrected chi connectivity index (χ2v) is 5.10. The average molecular weight is 289 g/mol. The van der Waals surface area contributed by atoms with Crippen molar-refractivity contribution in [1.82, 2.24) is 14.8 Å². The largest absolute Gasteiger partial charge is 0.323 e. The van der Waals surface area contributed by atoms with Crippen LogP contribution in [0.25, 0.3) is 11.3 Å². The summed E-state index contributed by atoms with van der Waals surface area (Å²) in [6.07, 6.45) is 2.13. The molecule has 1 N–H and O–H groups in total. The number of nitrogens with one attached hydrogen (secondary N) is 1. The van der Waals surface area contributed by atoms with E-state index in [1.54, 1.807) is 25.3 Å². The van der Waals surface area contributed by atoms with E-state index in [2.05, 4.69) is 15.4 Å². The Bertz CT molecular complexity index is 819. The zero-order chi connectivity index (χ0) is 19.1. The summed E-state index contributed by atoms with van der Waals surface area (Å²) >= 11 is 0. The molecular formula is C16H20N4O. The standard InChI is InChI=1S/C16H20N4O/c1-11-5-3-4-6-13-9-12(7-8-17-13)15-14(19-16(11)21)10-18-20(15)2/h7-11H,3-6H2,1-2H3,(H,19,21)/t11-/m1/s1/i2D3,3D,5D/t3?,5?,11-. The Morgan fingerprint density at radius 3 is 3.33 bits per heavy atom. The van der Waals surface area contributed by atoms with Crippen LogP contribution in [-0.4, -0.2) is 20.7 Å². The highest BCUT2D eigenvalue weighted by molar-refractivity contribution is 5.95. The highest BCUT2D eigenvalue weighted by Gasteiger charge is 2.18. The van der Waals surface area contributed by atoms with Gasteiger partial charge in [-0.05, 0) is 31.4 Å². The fourth-order valence-corrected chi connectivity index (χ4v) is 2.35. The molecular weight excluding hydrogens is 264 g/mol. The Balaban J connectivity index is 2.16. The predicted octanol–water partition coefficient (Wildman–Crippen LogP) is 2.78. The minimum Gasteiger partial charge on any atom is -0.323 e. The normalized spacial score (nSPS) is 30.2. The van der Waals surface area contributed by atoms with Crippen LogP contribution in [0.3, 0.4) is 0 Å². The number of hydrogen-bond donors (Lipinski definition) is 1. The third-order valence-corrected chi connectivity index (χ3v) is 3.52. The first-order chi connectivity index (χ1) is 12.2. The average Bonchev–Trinajstić information content (AvgIpc) is 3.01. The molecule has 0 spiro atoms. The Hall–Kier alpha value is -2.17. The van der Waals surface area contributed by atoms with Gasteiger partial charge in [0.1, 0.15) is 0 Å². The number of aryl methyl sites for hydroxylation is 2. The van der Waals surface area contributed by atoms with Crippen LogP contribution in [0.4, 0.5) is 5.69 Å². The molecule has 0 aromatic carbocycles. The molecule has 5 heteroatoms. The molecule has 21 heavy (non-hydrogen) atoms. The third-order valence-electron chi connectivity index (χ3n) is 3.52. The fourth-order valence-electron chi connectivity index (χ4n) is 2.35. The van der Waals surface area contributed by atoms with Crippen molar-refractivity contribution in [3.63, 3.8) is 0 Å². The van der Waals surface area contributed by atoms with Crippen LogP contribution in [0.15, 0.2) is 24.5 Å². The summed E-state index contributed by atoms with van der Waals surface area (Å²) in [7, 11) is 0. The minimum atomic E-state index is -2.51. The Labute approximate surface area is 131 Å². The maximum absolute atomic E-state index is 12.5. The van der Waals surface area contributed by atoms with E-state index in [1.807, 2.05) is 0 Å². The van der Waals surface area contributed by atoms with Gasteiger partial charge in [-0.25, -0.2) is 0 Å². The van der Waals surface area contributed by atoms with Gasteiger partial charge in [-0.3, -0.25) is 14.5 Å². The fraction of sp³-hybridized carbons (Fsp3) is 0.438. The molecule has 0 fully saturated rings. The number of aromatic nitrogens is 3. The van der Waals surface area contributed by atoms with Gasteiger partial charge in [-0.1, -0.05) is 13.3 Å². The highest BCUT2D eigenvalue weighted by Crippen LogP contribution is 2.29. The smallest absolute Gasteiger partial charge is 0.227 e. The van der Waals surface area contributed by atoms with E-state index in [0.717, 1.165) is 4.68 Å². The van der Waals surface area contributed by atoms with Crippen LogP contribution >= 0.6 is 0 Å². The maximum Gasteiger partial charge on any atom is 0.227 e. The topological polar surface area (TPSA) is 59.8 Å². The lowest BCUT2D eigenvalue weighted by atomic mass is 10.00. The number of hydrogen-bond acceptors (Lipinski definition) is 3. The van der Waals surface area contributed by atoms with Crippen molar-refractivity contribution in [2.45, 2.75) is 32.6 Å². The Morgan fingerprint density at radius 1 is 1.57 bits per heavy atom. The zero-order valence-electron chi connectivity index (χ0n) is 16.7. The minimum absolute atomic E-state index is 0.268. The number of amides is 1. The van der Waals surface area contributed by atoms with Gasteiger partial charge >= 0.3 is 0 Å². The van der Waals surface area contributed by atoms with Crippen LogP contribution in [0.1, 0.15) is 38.7 Å². The lowest BCUT2D eigenvalue weighted by molar-refractivity contribution is -0.119. The summed E-state index contributed by atoms with van der Waals surface area (Å²) in [5.74, 6) is -1.14. The number of carbonyl (C=O) groups is 1. The number of fused-ring (bicyclic) bond motifs is 4. The molecule has 1 aliphatic rings. The van der Waals surface area contributed by atoms with Crippen LogP contribution < -0.4 is 5.32 Å². The summed E-state index contributed by atoms with van der Waals surface area (Å²) in [6.45, 7) is -0.902. The Morgan fingerprint density at radius 2 is 2.48 bits per heavy atom. The van der Waals surface area contributed by atoms with Gasteiger partial charge in [0, 0.05) is 37.2 Å². The first kappa shape index (κ1) is 8.97. The van der Waals surface area contributed by atoms with E-state index in [9.17, 15) is 4.79 Å². The van der Waals surface area contributed by atoms with Crippen molar-refractivity contribution in [3.8, 4) is 11.3 Å². The molecule has 1 aliphatic heterocycles. The Kier molecular flexibility index (Phi) is 2.42. The molecule has 2 aromatic rings. The van der Waals surface area contributed by atoms with Gasteiger partial charge < -0.3 is 5.32 Å². The summed E-state index contributed by atoms with van der Waals surface area (Å²) in [6, 6.07) is 3.41. The molecule has 0 aliphatic carbocycles. The lowest BCUT2D eigenvalue weighted by Gasteiger charge is -2.14. The quantitative estimate of drug-likeness (QED) is 0.811. The molecule has 2 bridgehead atoms. The third kappa shape index (κ3) is 2.82. The number of rotatable bonds is 0. The van der Waals surface area contributed by atoms with Gasteiger partial charge in [0.15, 0.2) is 0 Å². The highest BCUT2D eigenvalue weighted by atomic mass is 16.1. The first-order valence-electron chi connectivity index (χ1n) is 9.53. The molecule has 3 heterocycles. The number of anilines is 1. The van der Waals surface area contributed by atoms with Gasteiger partial charge in [0.05, 0.1) is 17.6 Å². The van der Waals surface area contributed by atoms with Crippen LogP contribution in [0, 0.1) is 5.92 Å². The van der Waals surface area contributed by atoms with Crippen LogP contribution in [0.5, 0.6) is 0 Å². The van der Waals surface area contributed by atoms with E-state index >= 15 is 0 Å². The summed E-state index contributed by atoms with van der Waals surface area (Å²) in [5, 5.41) is 6.63. The lowest BCUT2D eigenvalue weighted by Crippen LogP contribution is -2.20. The van der Waals surface area contributed by atoms with Crippen molar-refractivity contribution < 1.29 is 11.6 Å².